The Morgan fingerprint density at radius 2 is 2.07 bits per heavy atom. The summed E-state index contributed by atoms with van der Waals surface area (Å²) in [7, 11) is 0. The fourth-order valence-electron chi connectivity index (χ4n) is 1.66. The average Bonchev–Trinajstić information content (AvgIpc) is 2.19. The van der Waals surface area contributed by atoms with Gasteiger partial charge < -0.3 is 10.4 Å². The number of piperidine rings is 1. The first kappa shape index (κ1) is 9.83. The van der Waals surface area contributed by atoms with Crippen LogP contribution >= 0.6 is 11.6 Å². The van der Waals surface area contributed by atoms with E-state index < -0.39 is 5.60 Å². The van der Waals surface area contributed by atoms with Crippen LogP contribution in [0.1, 0.15) is 18.5 Å². The molecule has 1 aliphatic heterocycles. The minimum atomic E-state index is -0.858. The Labute approximate surface area is 87.3 Å². The lowest BCUT2D eigenvalue weighted by Gasteiger charge is -2.31. The maximum atomic E-state index is 10.3. The molecule has 2 N–H and O–H groups in total. The summed E-state index contributed by atoms with van der Waals surface area (Å²) in [5.74, 6) is 0. The van der Waals surface area contributed by atoms with Crippen molar-refractivity contribution in [2.75, 3.05) is 13.1 Å². The van der Waals surface area contributed by atoms with Crippen LogP contribution in [0, 0.1) is 0 Å². The van der Waals surface area contributed by atoms with E-state index in [1.165, 1.54) is 6.20 Å². The predicted molar refractivity (Wildman–Crippen MR) is 53.0 cm³/mol. The Morgan fingerprint density at radius 3 is 2.71 bits per heavy atom. The molecular weight excluding hydrogens is 202 g/mol. The third-order valence-corrected chi connectivity index (χ3v) is 2.69. The summed E-state index contributed by atoms with van der Waals surface area (Å²) in [6.07, 6.45) is 4.36. The average molecular weight is 214 g/mol. The maximum Gasteiger partial charge on any atom is 0.147 e. The number of hydrogen-bond acceptors (Lipinski definition) is 4. The first-order valence-corrected chi connectivity index (χ1v) is 5.00. The largest absolute Gasteiger partial charge is 0.383 e. The molecule has 4 nitrogen and oxygen atoms in total. The van der Waals surface area contributed by atoms with Crippen LogP contribution in [-0.2, 0) is 5.60 Å². The summed E-state index contributed by atoms with van der Waals surface area (Å²) in [6, 6.07) is 0. The van der Waals surface area contributed by atoms with E-state index in [1.54, 1.807) is 6.20 Å². The Morgan fingerprint density at radius 1 is 1.36 bits per heavy atom. The zero-order valence-electron chi connectivity index (χ0n) is 7.70. The standard InChI is InChI=1S/C9H12ClN3O/c10-8-6-12-5-7(13-8)9(14)1-3-11-4-2-9/h5-6,11,14H,1-4H2. The quantitative estimate of drug-likeness (QED) is 0.721. The third-order valence-electron chi connectivity index (χ3n) is 2.51. The van der Waals surface area contributed by atoms with Gasteiger partial charge in [0, 0.05) is 0 Å². The van der Waals surface area contributed by atoms with Gasteiger partial charge in [0.05, 0.1) is 18.1 Å². The molecule has 0 radical (unpaired) electrons. The Bertz CT molecular complexity index is 326. The highest BCUT2D eigenvalue weighted by Crippen LogP contribution is 2.28. The first-order chi connectivity index (χ1) is 6.71. The van der Waals surface area contributed by atoms with E-state index in [-0.39, 0.29) is 0 Å². The molecule has 0 aliphatic carbocycles. The molecule has 0 amide bonds. The molecule has 2 heterocycles. The lowest BCUT2D eigenvalue weighted by molar-refractivity contribution is 0.00154. The lowest BCUT2D eigenvalue weighted by Crippen LogP contribution is -2.40. The summed E-state index contributed by atoms with van der Waals surface area (Å²) in [6.45, 7) is 1.59. The Hall–Kier alpha value is -0.710. The minimum Gasteiger partial charge on any atom is -0.383 e. The fraction of sp³-hybridized carbons (Fsp3) is 0.556. The van der Waals surface area contributed by atoms with Crippen molar-refractivity contribution in [3.05, 3.63) is 23.2 Å². The highest BCUT2D eigenvalue weighted by Gasteiger charge is 2.32. The number of halogens is 1. The minimum absolute atomic E-state index is 0.328. The summed E-state index contributed by atoms with van der Waals surface area (Å²) >= 11 is 5.73. The molecule has 76 valence electrons. The van der Waals surface area contributed by atoms with E-state index in [0.29, 0.717) is 23.7 Å². The first-order valence-electron chi connectivity index (χ1n) is 4.62. The summed E-state index contributed by atoms with van der Waals surface area (Å²) in [5, 5.41) is 13.8. The van der Waals surface area contributed by atoms with Gasteiger partial charge in [0.1, 0.15) is 10.8 Å². The number of aliphatic hydroxyl groups is 1. The van der Waals surface area contributed by atoms with Gasteiger partial charge in [0.2, 0.25) is 0 Å². The normalized spacial score (nSPS) is 20.7. The van der Waals surface area contributed by atoms with Crippen molar-refractivity contribution in [3.63, 3.8) is 0 Å². The van der Waals surface area contributed by atoms with Crippen molar-refractivity contribution in [3.8, 4) is 0 Å². The number of aromatic nitrogens is 2. The molecule has 0 aromatic carbocycles. The molecule has 0 spiro atoms. The smallest absolute Gasteiger partial charge is 0.147 e. The zero-order valence-corrected chi connectivity index (χ0v) is 8.46. The van der Waals surface area contributed by atoms with Crippen LogP contribution in [0.15, 0.2) is 12.4 Å². The molecular formula is C9H12ClN3O. The van der Waals surface area contributed by atoms with Crippen LogP contribution in [-0.4, -0.2) is 28.2 Å². The number of nitrogens with zero attached hydrogens (tertiary/aromatic N) is 2. The van der Waals surface area contributed by atoms with Gasteiger partial charge in [-0.3, -0.25) is 4.98 Å². The number of rotatable bonds is 1. The van der Waals surface area contributed by atoms with Crippen LogP contribution in [0.4, 0.5) is 0 Å². The predicted octanol–water partition coefficient (Wildman–Crippen LogP) is 0.701. The highest BCUT2D eigenvalue weighted by atomic mass is 35.5. The molecule has 0 saturated carbocycles. The van der Waals surface area contributed by atoms with E-state index in [0.717, 1.165) is 13.1 Å². The van der Waals surface area contributed by atoms with Crippen molar-refractivity contribution < 1.29 is 5.11 Å². The second-order valence-corrected chi connectivity index (χ2v) is 3.90. The van der Waals surface area contributed by atoms with Gasteiger partial charge in [-0.15, -0.1) is 0 Å². The molecule has 1 saturated heterocycles. The number of nitrogens with one attached hydrogen (secondary N) is 1. The van der Waals surface area contributed by atoms with Gasteiger partial charge in [-0.05, 0) is 25.9 Å². The summed E-state index contributed by atoms with van der Waals surface area (Å²) in [5.41, 5.74) is -0.283. The molecule has 1 aromatic rings. The molecule has 0 atom stereocenters. The number of hydrogen-bond donors (Lipinski definition) is 2. The molecule has 1 aromatic heterocycles. The van der Waals surface area contributed by atoms with Gasteiger partial charge in [-0.2, -0.15) is 0 Å². The van der Waals surface area contributed by atoms with Crippen molar-refractivity contribution in [2.24, 2.45) is 0 Å². The van der Waals surface area contributed by atoms with Gasteiger partial charge in [0.15, 0.2) is 0 Å². The fourth-order valence-corrected chi connectivity index (χ4v) is 1.81. The molecule has 1 fully saturated rings. The van der Waals surface area contributed by atoms with E-state index in [2.05, 4.69) is 15.3 Å². The second-order valence-electron chi connectivity index (χ2n) is 3.51. The molecule has 2 rings (SSSR count). The molecule has 5 heteroatoms. The van der Waals surface area contributed by atoms with Gasteiger partial charge in [0.25, 0.3) is 0 Å². The maximum absolute atomic E-state index is 10.3. The van der Waals surface area contributed by atoms with Crippen LogP contribution < -0.4 is 5.32 Å². The topological polar surface area (TPSA) is 58.0 Å². The SMILES string of the molecule is OC1(c2cncc(Cl)n2)CCNCC1. The highest BCUT2D eigenvalue weighted by molar-refractivity contribution is 6.29. The van der Waals surface area contributed by atoms with E-state index in [1.807, 2.05) is 0 Å². The van der Waals surface area contributed by atoms with Gasteiger partial charge >= 0.3 is 0 Å². The molecule has 14 heavy (non-hydrogen) atoms. The Balaban J connectivity index is 2.28. The third kappa shape index (κ3) is 1.87. The van der Waals surface area contributed by atoms with Crippen molar-refractivity contribution in [1.82, 2.24) is 15.3 Å². The van der Waals surface area contributed by atoms with E-state index >= 15 is 0 Å². The molecule has 0 bridgehead atoms. The zero-order chi connectivity index (χ0) is 10.0. The van der Waals surface area contributed by atoms with Gasteiger partial charge in [-0.1, -0.05) is 11.6 Å². The van der Waals surface area contributed by atoms with E-state index in [9.17, 15) is 5.11 Å². The Kier molecular flexibility index (Phi) is 2.67. The van der Waals surface area contributed by atoms with Crippen LogP contribution in [0.3, 0.4) is 0 Å². The molecule has 1 aliphatic rings. The van der Waals surface area contributed by atoms with Crippen LogP contribution in [0.25, 0.3) is 0 Å². The lowest BCUT2D eigenvalue weighted by atomic mass is 9.89. The van der Waals surface area contributed by atoms with Crippen molar-refractivity contribution >= 4 is 11.6 Å². The van der Waals surface area contributed by atoms with Gasteiger partial charge in [-0.25, -0.2) is 4.98 Å². The summed E-state index contributed by atoms with van der Waals surface area (Å²) in [4.78, 5) is 8.02. The van der Waals surface area contributed by atoms with E-state index in [4.69, 9.17) is 11.6 Å². The second kappa shape index (κ2) is 3.81. The van der Waals surface area contributed by atoms with Crippen molar-refractivity contribution in [1.29, 1.82) is 0 Å². The van der Waals surface area contributed by atoms with Crippen LogP contribution in [0.2, 0.25) is 5.15 Å². The summed E-state index contributed by atoms with van der Waals surface area (Å²) < 4.78 is 0. The van der Waals surface area contributed by atoms with Crippen LogP contribution in [0.5, 0.6) is 0 Å². The molecule has 0 unspecified atom stereocenters. The monoisotopic (exact) mass is 213 g/mol. The van der Waals surface area contributed by atoms with Crippen molar-refractivity contribution in [2.45, 2.75) is 18.4 Å².